The van der Waals surface area contributed by atoms with Gasteiger partial charge in [0.1, 0.15) is 5.82 Å². The van der Waals surface area contributed by atoms with Crippen LogP contribution in [-0.4, -0.2) is 15.7 Å². The van der Waals surface area contributed by atoms with Crippen LogP contribution in [0.3, 0.4) is 0 Å². The van der Waals surface area contributed by atoms with Crippen LogP contribution in [0.25, 0.3) is 5.69 Å². The van der Waals surface area contributed by atoms with E-state index < -0.39 is 0 Å². The molecular formula is C17H20FN3O. The van der Waals surface area contributed by atoms with Crippen molar-refractivity contribution in [3.05, 3.63) is 47.5 Å². The quantitative estimate of drug-likeness (QED) is 0.942. The Morgan fingerprint density at radius 1 is 1.36 bits per heavy atom. The second kappa shape index (κ2) is 5.91. The Kier molecular flexibility index (Phi) is 3.96. The SMILES string of the molecule is Cc1c(C(C)NC(=O)C2CCC2)cnn1-c1ccc(F)cc1. The van der Waals surface area contributed by atoms with Crippen LogP contribution in [0.15, 0.2) is 30.5 Å². The van der Waals surface area contributed by atoms with Crippen LogP contribution in [0.2, 0.25) is 0 Å². The molecule has 1 unspecified atom stereocenters. The molecule has 0 radical (unpaired) electrons. The molecule has 1 aromatic carbocycles. The molecule has 0 bridgehead atoms. The third-order valence-electron chi connectivity index (χ3n) is 4.42. The van der Waals surface area contributed by atoms with E-state index in [-0.39, 0.29) is 23.7 Å². The van der Waals surface area contributed by atoms with Crippen molar-refractivity contribution in [1.82, 2.24) is 15.1 Å². The summed E-state index contributed by atoms with van der Waals surface area (Å²) in [7, 11) is 0. The highest BCUT2D eigenvalue weighted by Gasteiger charge is 2.27. The van der Waals surface area contributed by atoms with Crippen molar-refractivity contribution in [2.75, 3.05) is 0 Å². The Bertz CT molecular complexity index is 674. The number of carbonyl (C=O) groups is 1. The summed E-state index contributed by atoms with van der Waals surface area (Å²) in [5.41, 5.74) is 2.74. The molecule has 1 fully saturated rings. The minimum absolute atomic E-state index is 0.0812. The molecule has 5 heteroatoms. The summed E-state index contributed by atoms with van der Waals surface area (Å²) in [6, 6.07) is 6.13. The normalized spacial score (nSPS) is 16.1. The fraction of sp³-hybridized carbons (Fsp3) is 0.412. The molecule has 4 nitrogen and oxygen atoms in total. The van der Waals surface area contributed by atoms with Crippen molar-refractivity contribution < 1.29 is 9.18 Å². The van der Waals surface area contributed by atoms with Gasteiger partial charge < -0.3 is 5.32 Å². The Balaban J connectivity index is 1.77. The molecule has 2 aromatic rings. The van der Waals surface area contributed by atoms with Gasteiger partial charge in [0, 0.05) is 17.2 Å². The first-order chi connectivity index (χ1) is 10.6. The van der Waals surface area contributed by atoms with Crippen LogP contribution >= 0.6 is 0 Å². The Morgan fingerprint density at radius 2 is 2.05 bits per heavy atom. The zero-order chi connectivity index (χ0) is 15.7. The molecule has 116 valence electrons. The average molecular weight is 301 g/mol. The van der Waals surface area contributed by atoms with E-state index in [9.17, 15) is 9.18 Å². The molecule has 1 aromatic heterocycles. The zero-order valence-electron chi connectivity index (χ0n) is 12.8. The molecule has 22 heavy (non-hydrogen) atoms. The average Bonchev–Trinajstić information content (AvgIpc) is 2.79. The third kappa shape index (κ3) is 2.75. The predicted molar refractivity (Wildman–Crippen MR) is 82.2 cm³/mol. The highest BCUT2D eigenvalue weighted by molar-refractivity contribution is 5.79. The van der Waals surface area contributed by atoms with E-state index in [0.717, 1.165) is 36.2 Å². The summed E-state index contributed by atoms with van der Waals surface area (Å²) in [5.74, 6) is 0.0393. The van der Waals surface area contributed by atoms with Crippen LogP contribution in [-0.2, 0) is 4.79 Å². The molecule has 1 aliphatic carbocycles. The van der Waals surface area contributed by atoms with Crippen molar-refractivity contribution >= 4 is 5.91 Å². The van der Waals surface area contributed by atoms with Crippen molar-refractivity contribution in [2.45, 2.75) is 39.2 Å². The van der Waals surface area contributed by atoms with Gasteiger partial charge in [-0.15, -0.1) is 0 Å². The molecule has 1 saturated carbocycles. The molecule has 1 heterocycles. The van der Waals surface area contributed by atoms with Crippen LogP contribution in [0.1, 0.15) is 43.5 Å². The van der Waals surface area contributed by atoms with Crippen LogP contribution < -0.4 is 5.32 Å². The molecule has 0 spiro atoms. The molecule has 1 N–H and O–H groups in total. The summed E-state index contributed by atoms with van der Waals surface area (Å²) in [6.45, 7) is 3.92. The number of hydrogen-bond acceptors (Lipinski definition) is 2. The van der Waals surface area contributed by atoms with Crippen molar-refractivity contribution in [1.29, 1.82) is 0 Å². The number of carbonyl (C=O) groups excluding carboxylic acids is 1. The van der Waals surface area contributed by atoms with Crippen LogP contribution in [0, 0.1) is 18.7 Å². The molecule has 0 saturated heterocycles. The first-order valence-corrected chi connectivity index (χ1v) is 7.67. The summed E-state index contributed by atoms with van der Waals surface area (Å²) in [6.07, 6.45) is 4.90. The standard InChI is InChI=1S/C17H20FN3O/c1-11(20-17(22)13-4-3-5-13)16-10-19-21(12(16)2)15-8-6-14(18)7-9-15/h6-11,13H,3-5H2,1-2H3,(H,20,22). The number of benzene rings is 1. The van der Waals surface area contributed by atoms with Gasteiger partial charge in [-0.1, -0.05) is 6.42 Å². The fourth-order valence-corrected chi connectivity index (χ4v) is 2.77. The second-order valence-electron chi connectivity index (χ2n) is 5.93. The van der Waals surface area contributed by atoms with Crippen molar-refractivity contribution in [3.63, 3.8) is 0 Å². The maximum atomic E-state index is 13.0. The van der Waals surface area contributed by atoms with Crippen molar-refractivity contribution in [2.24, 2.45) is 5.92 Å². The number of rotatable bonds is 4. The minimum atomic E-state index is -0.269. The number of nitrogens with zero attached hydrogens (tertiary/aromatic N) is 2. The highest BCUT2D eigenvalue weighted by Crippen LogP contribution is 2.28. The number of nitrogens with one attached hydrogen (secondary N) is 1. The molecule has 0 aliphatic heterocycles. The van der Waals surface area contributed by atoms with E-state index in [4.69, 9.17) is 0 Å². The van der Waals surface area contributed by atoms with Gasteiger partial charge in [-0.2, -0.15) is 5.10 Å². The number of amides is 1. The van der Waals surface area contributed by atoms with Crippen LogP contribution in [0.5, 0.6) is 0 Å². The van der Waals surface area contributed by atoms with Gasteiger partial charge in [0.05, 0.1) is 17.9 Å². The lowest BCUT2D eigenvalue weighted by Gasteiger charge is -2.26. The Hall–Kier alpha value is -2.17. The maximum absolute atomic E-state index is 13.0. The first-order valence-electron chi connectivity index (χ1n) is 7.67. The molecule has 1 atom stereocenters. The van der Waals surface area contributed by atoms with Gasteiger partial charge in [-0.25, -0.2) is 9.07 Å². The number of aromatic nitrogens is 2. The minimum Gasteiger partial charge on any atom is -0.349 e. The Morgan fingerprint density at radius 3 is 2.64 bits per heavy atom. The van der Waals surface area contributed by atoms with E-state index >= 15 is 0 Å². The lowest BCUT2D eigenvalue weighted by Crippen LogP contribution is -2.36. The lowest BCUT2D eigenvalue weighted by atomic mass is 9.84. The maximum Gasteiger partial charge on any atom is 0.223 e. The summed E-state index contributed by atoms with van der Waals surface area (Å²) < 4.78 is 14.8. The third-order valence-corrected chi connectivity index (χ3v) is 4.42. The van der Waals surface area contributed by atoms with Gasteiger partial charge in [0.2, 0.25) is 5.91 Å². The summed E-state index contributed by atoms with van der Waals surface area (Å²) in [4.78, 5) is 12.1. The smallest absolute Gasteiger partial charge is 0.223 e. The topological polar surface area (TPSA) is 46.9 Å². The monoisotopic (exact) mass is 301 g/mol. The zero-order valence-corrected chi connectivity index (χ0v) is 12.8. The molecule has 1 aliphatic rings. The predicted octanol–water partition coefficient (Wildman–Crippen LogP) is 3.30. The van der Waals surface area contributed by atoms with E-state index in [1.165, 1.54) is 12.1 Å². The van der Waals surface area contributed by atoms with Gasteiger partial charge in [-0.05, 0) is 51.0 Å². The van der Waals surface area contributed by atoms with E-state index in [1.807, 2.05) is 13.8 Å². The molecule has 3 rings (SSSR count). The van der Waals surface area contributed by atoms with Gasteiger partial charge >= 0.3 is 0 Å². The number of halogens is 1. The van der Waals surface area contributed by atoms with Crippen LogP contribution in [0.4, 0.5) is 4.39 Å². The van der Waals surface area contributed by atoms with E-state index in [2.05, 4.69) is 10.4 Å². The fourth-order valence-electron chi connectivity index (χ4n) is 2.77. The van der Waals surface area contributed by atoms with Gasteiger partial charge in [0.25, 0.3) is 0 Å². The largest absolute Gasteiger partial charge is 0.349 e. The lowest BCUT2D eigenvalue weighted by molar-refractivity contribution is -0.128. The van der Waals surface area contributed by atoms with E-state index in [0.29, 0.717) is 0 Å². The molecular weight excluding hydrogens is 281 g/mol. The van der Waals surface area contributed by atoms with E-state index in [1.54, 1.807) is 23.0 Å². The van der Waals surface area contributed by atoms with Crippen molar-refractivity contribution in [3.8, 4) is 5.69 Å². The molecule has 1 amide bonds. The number of hydrogen-bond donors (Lipinski definition) is 1. The second-order valence-corrected chi connectivity index (χ2v) is 5.93. The summed E-state index contributed by atoms with van der Waals surface area (Å²) in [5, 5.41) is 7.43. The first kappa shape index (κ1) is 14.8. The van der Waals surface area contributed by atoms with Gasteiger partial charge in [-0.3, -0.25) is 4.79 Å². The van der Waals surface area contributed by atoms with Gasteiger partial charge in [0.15, 0.2) is 0 Å². The summed E-state index contributed by atoms with van der Waals surface area (Å²) >= 11 is 0. The highest BCUT2D eigenvalue weighted by atomic mass is 19.1. The Labute approximate surface area is 129 Å².